The van der Waals surface area contributed by atoms with Crippen molar-refractivity contribution in [2.75, 3.05) is 20.0 Å². The first-order valence-electron chi connectivity index (χ1n) is 5.74. The number of hydrogen-bond donors (Lipinski definition) is 0. The lowest BCUT2D eigenvalue weighted by molar-refractivity contribution is -0.00000473. The highest BCUT2D eigenvalue weighted by Crippen LogP contribution is 2.61. The van der Waals surface area contributed by atoms with Crippen molar-refractivity contribution >= 4 is 15.6 Å². The molecule has 0 aliphatic heterocycles. The molecule has 0 aliphatic rings. The van der Waals surface area contributed by atoms with Crippen LogP contribution in [0.2, 0.25) is 19.6 Å². The molecule has 0 bridgehead atoms. The van der Waals surface area contributed by atoms with Crippen molar-refractivity contribution in [1.82, 2.24) is 0 Å². The molecule has 0 fully saturated rings. The Bertz CT molecular complexity index is 330. The number of hydrogen-bond acceptors (Lipinski definition) is 1. The predicted molar refractivity (Wildman–Crippen MR) is 78.3 cm³/mol. The van der Waals surface area contributed by atoms with Gasteiger partial charge in [0.05, 0.1) is 20.0 Å². The average Bonchev–Trinajstić information content (AvgIpc) is 2.13. The molecule has 0 aliphatic carbocycles. The normalized spacial score (nSPS) is 14.0. The fourth-order valence-electron chi connectivity index (χ4n) is 1.63. The first-order chi connectivity index (χ1) is 7.20. The second kappa shape index (κ2) is 6.33. The standard InChI is InChI=1S/C13H24OPSi.ClH/c1-15(2,3)13(14-16(4,5)6)12-10-8-7-9-11-12;/h7-11,13H,1-6H3;1H/q+1;/p-1. The zero-order valence-electron chi connectivity index (χ0n) is 11.7. The third kappa shape index (κ3) is 6.01. The molecular weight excluding hydrogens is 267 g/mol. The number of benzene rings is 1. The third-order valence-electron chi connectivity index (χ3n) is 2.25. The summed E-state index contributed by atoms with van der Waals surface area (Å²) in [7, 11) is -2.52. The average molecular weight is 291 g/mol. The quantitative estimate of drug-likeness (QED) is 0.602. The fourth-order valence-corrected chi connectivity index (χ4v) is 5.71. The minimum Gasteiger partial charge on any atom is -1.00 e. The minimum atomic E-state index is -1.49. The molecule has 0 radical (unpaired) electrons. The van der Waals surface area contributed by atoms with Gasteiger partial charge in [-0.05, 0) is 19.6 Å². The van der Waals surface area contributed by atoms with Gasteiger partial charge >= 0.3 is 0 Å². The lowest BCUT2D eigenvalue weighted by Crippen LogP contribution is -3.00. The van der Waals surface area contributed by atoms with E-state index in [2.05, 4.69) is 70.0 Å². The monoisotopic (exact) mass is 290 g/mol. The van der Waals surface area contributed by atoms with E-state index in [1.165, 1.54) is 5.56 Å². The van der Waals surface area contributed by atoms with Gasteiger partial charge in [-0.25, -0.2) is 0 Å². The van der Waals surface area contributed by atoms with Crippen LogP contribution in [0.25, 0.3) is 0 Å². The molecular formula is C13H24ClOPSi. The molecule has 1 aromatic rings. The Labute approximate surface area is 114 Å². The van der Waals surface area contributed by atoms with Crippen LogP contribution in [0.3, 0.4) is 0 Å². The Balaban J connectivity index is 0.00000256. The van der Waals surface area contributed by atoms with E-state index in [0.717, 1.165) is 0 Å². The summed E-state index contributed by atoms with van der Waals surface area (Å²) < 4.78 is 6.38. The molecule has 0 saturated heterocycles. The molecule has 0 heterocycles. The highest BCUT2D eigenvalue weighted by Gasteiger charge is 2.37. The second-order valence-corrected chi connectivity index (χ2v) is 15.3. The van der Waals surface area contributed by atoms with Crippen molar-refractivity contribution < 1.29 is 16.8 Å². The molecule has 1 nitrogen and oxygen atoms in total. The van der Waals surface area contributed by atoms with E-state index in [1.54, 1.807) is 0 Å². The maximum absolute atomic E-state index is 6.38. The Hall–Kier alpha value is 0.117. The van der Waals surface area contributed by atoms with E-state index >= 15 is 0 Å². The summed E-state index contributed by atoms with van der Waals surface area (Å²) in [6, 6.07) is 10.7. The van der Waals surface area contributed by atoms with Gasteiger partial charge in [-0.2, -0.15) is 0 Å². The van der Waals surface area contributed by atoms with Crippen molar-refractivity contribution in [3.63, 3.8) is 0 Å². The molecule has 0 N–H and O–H groups in total. The smallest absolute Gasteiger partial charge is 0.189 e. The summed E-state index contributed by atoms with van der Waals surface area (Å²) in [6.45, 7) is 13.8. The van der Waals surface area contributed by atoms with Crippen LogP contribution < -0.4 is 12.4 Å². The SMILES string of the molecule is C[Si](C)(C)OC(c1ccccc1)[P+](C)(C)C.[Cl-]. The highest BCUT2D eigenvalue weighted by atomic mass is 35.5. The Kier molecular flexibility index (Phi) is 6.38. The van der Waals surface area contributed by atoms with Crippen LogP contribution in [-0.2, 0) is 4.43 Å². The van der Waals surface area contributed by atoms with E-state index in [9.17, 15) is 0 Å². The van der Waals surface area contributed by atoms with Crippen molar-refractivity contribution in [3.05, 3.63) is 35.9 Å². The van der Waals surface area contributed by atoms with E-state index in [-0.39, 0.29) is 12.4 Å². The van der Waals surface area contributed by atoms with Crippen LogP contribution >= 0.6 is 7.26 Å². The molecule has 0 saturated carbocycles. The lowest BCUT2D eigenvalue weighted by atomic mass is 10.2. The molecule has 0 spiro atoms. The Morgan fingerprint density at radius 1 is 1.00 bits per heavy atom. The summed E-state index contributed by atoms with van der Waals surface area (Å²) in [6.07, 6.45) is 0. The zero-order chi connectivity index (χ0) is 12.4. The van der Waals surface area contributed by atoms with Gasteiger partial charge in [0.15, 0.2) is 14.2 Å². The Morgan fingerprint density at radius 3 is 1.82 bits per heavy atom. The van der Waals surface area contributed by atoms with Crippen molar-refractivity contribution in [2.45, 2.75) is 25.5 Å². The maximum atomic E-state index is 6.38. The van der Waals surface area contributed by atoms with Gasteiger partial charge in [-0.3, -0.25) is 0 Å². The minimum absolute atomic E-state index is 0. The number of halogens is 1. The molecule has 98 valence electrons. The summed E-state index contributed by atoms with van der Waals surface area (Å²) in [5.74, 6) is 0.306. The van der Waals surface area contributed by atoms with Crippen molar-refractivity contribution in [2.24, 2.45) is 0 Å². The van der Waals surface area contributed by atoms with Gasteiger partial charge < -0.3 is 16.8 Å². The summed E-state index contributed by atoms with van der Waals surface area (Å²) in [5.41, 5.74) is 1.34. The van der Waals surface area contributed by atoms with Crippen LogP contribution in [0.15, 0.2) is 30.3 Å². The first-order valence-corrected chi connectivity index (χ1v) is 12.3. The second-order valence-electron chi connectivity index (χ2n) is 6.11. The molecule has 4 heteroatoms. The van der Waals surface area contributed by atoms with E-state index < -0.39 is 15.6 Å². The highest BCUT2D eigenvalue weighted by molar-refractivity contribution is 7.73. The van der Waals surface area contributed by atoms with Crippen LogP contribution in [0.4, 0.5) is 0 Å². The van der Waals surface area contributed by atoms with Crippen molar-refractivity contribution in [3.8, 4) is 0 Å². The van der Waals surface area contributed by atoms with E-state index in [4.69, 9.17) is 4.43 Å². The largest absolute Gasteiger partial charge is 1.00 e. The molecule has 1 rings (SSSR count). The number of rotatable bonds is 4. The molecule has 1 atom stereocenters. The predicted octanol–water partition coefficient (Wildman–Crippen LogP) is 1.45. The summed E-state index contributed by atoms with van der Waals surface area (Å²) in [5, 5.41) is 0. The lowest BCUT2D eigenvalue weighted by Gasteiger charge is -2.31. The van der Waals surface area contributed by atoms with Gasteiger partial charge in [0.25, 0.3) is 0 Å². The molecule has 0 amide bonds. The fraction of sp³-hybridized carbons (Fsp3) is 0.538. The van der Waals surface area contributed by atoms with Gasteiger partial charge in [-0.15, -0.1) is 0 Å². The maximum Gasteiger partial charge on any atom is 0.189 e. The summed E-state index contributed by atoms with van der Waals surface area (Å²) in [4.78, 5) is 0. The molecule has 17 heavy (non-hydrogen) atoms. The van der Waals surface area contributed by atoms with Crippen LogP contribution in [0, 0.1) is 0 Å². The van der Waals surface area contributed by atoms with Crippen LogP contribution in [0.5, 0.6) is 0 Å². The van der Waals surface area contributed by atoms with E-state index in [1.807, 2.05) is 0 Å². The third-order valence-corrected chi connectivity index (χ3v) is 5.21. The molecule has 0 aromatic heterocycles. The molecule has 1 unspecified atom stereocenters. The van der Waals surface area contributed by atoms with E-state index in [0.29, 0.717) is 5.85 Å². The topological polar surface area (TPSA) is 9.23 Å². The van der Waals surface area contributed by atoms with Gasteiger partial charge in [0.1, 0.15) is 0 Å². The van der Waals surface area contributed by atoms with Crippen LogP contribution in [0.1, 0.15) is 11.4 Å². The van der Waals surface area contributed by atoms with Crippen LogP contribution in [-0.4, -0.2) is 28.3 Å². The van der Waals surface area contributed by atoms with Gasteiger partial charge in [-0.1, -0.05) is 30.3 Å². The zero-order valence-corrected chi connectivity index (χ0v) is 14.3. The van der Waals surface area contributed by atoms with Gasteiger partial charge in [0, 0.05) is 12.8 Å². The molecule has 1 aromatic carbocycles. The van der Waals surface area contributed by atoms with Gasteiger partial charge in [0.2, 0.25) is 0 Å². The van der Waals surface area contributed by atoms with Crippen molar-refractivity contribution in [1.29, 1.82) is 0 Å². The summed E-state index contributed by atoms with van der Waals surface area (Å²) >= 11 is 0. The Morgan fingerprint density at radius 2 is 1.47 bits per heavy atom. The first kappa shape index (κ1) is 17.1.